The van der Waals surface area contributed by atoms with Crippen molar-refractivity contribution in [1.29, 1.82) is 0 Å². The SMILES string of the molecule is OCC#Cc1csc(CSc2ccncc2)c1. The van der Waals surface area contributed by atoms with Crippen LogP contribution in [0.5, 0.6) is 0 Å². The fraction of sp³-hybridized carbons (Fsp3) is 0.154. The molecule has 0 aliphatic carbocycles. The van der Waals surface area contributed by atoms with E-state index in [-0.39, 0.29) is 6.61 Å². The molecule has 0 saturated carbocycles. The lowest BCUT2D eigenvalue weighted by atomic mass is 10.3. The zero-order valence-corrected chi connectivity index (χ0v) is 10.7. The molecule has 0 spiro atoms. The Hall–Kier alpha value is -1.28. The fourth-order valence-electron chi connectivity index (χ4n) is 1.25. The number of rotatable bonds is 3. The van der Waals surface area contributed by atoms with E-state index in [1.807, 2.05) is 17.5 Å². The van der Waals surface area contributed by atoms with Gasteiger partial charge in [0.15, 0.2) is 0 Å². The molecule has 0 aliphatic heterocycles. The summed E-state index contributed by atoms with van der Waals surface area (Å²) in [4.78, 5) is 6.49. The highest BCUT2D eigenvalue weighted by molar-refractivity contribution is 7.98. The van der Waals surface area contributed by atoms with Crippen LogP contribution in [0.15, 0.2) is 40.9 Å². The second-order valence-corrected chi connectivity index (χ2v) is 5.28. The summed E-state index contributed by atoms with van der Waals surface area (Å²) in [7, 11) is 0. The molecule has 0 aliphatic rings. The van der Waals surface area contributed by atoms with Gasteiger partial charge >= 0.3 is 0 Å². The number of aliphatic hydroxyl groups excluding tert-OH is 1. The molecule has 0 radical (unpaired) electrons. The molecule has 0 amide bonds. The maximum absolute atomic E-state index is 8.61. The van der Waals surface area contributed by atoms with E-state index in [1.165, 1.54) is 9.77 Å². The number of thiophene rings is 1. The van der Waals surface area contributed by atoms with Crippen molar-refractivity contribution in [1.82, 2.24) is 4.98 Å². The van der Waals surface area contributed by atoms with Gasteiger partial charge < -0.3 is 5.11 Å². The Kier molecular flexibility index (Phi) is 4.63. The Bertz CT molecular complexity index is 525. The van der Waals surface area contributed by atoms with Crippen LogP contribution in [0.4, 0.5) is 0 Å². The van der Waals surface area contributed by atoms with E-state index >= 15 is 0 Å². The van der Waals surface area contributed by atoms with Crippen molar-refractivity contribution < 1.29 is 5.11 Å². The second-order valence-electron chi connectivity index (χ2n) is 3.23. The van der Waals surface area contributed by atoms with Crippen molar-refractivity contribution in [3.05, 3.63) is 46.4 Å². The van der Waals surface area contributed by atoms with Crippen molar-refractivity contribution in [2.45, 2.75) is 10.6 Å². The van der Waals surface area contributed by atoms with Gasteiger partial charge in [-0.1, -0.05) is 11.8 Å². The first-order valence-corrected chi connectivity index (χ1v) is 6.95. The first-order chi connectivity index (χ1) is 8.38. The Morgan fingerprint density at radius 1 is 1.35 bits per heavy atom. The number of hydrogen-bond donors (Lipinski definition) is 1. The lowest BCUT2D eigenvalue weighted by molar-refractivity contribution is 0.350. The van der Waals surface area contributed by atoms with Crippen molar-refractivity contribution in [3.63, 3.8) is 0 Å². The average Bonchev–Trinajstić information content (AvgIpc) is 2.83. The van der Waals surface area contributed by atoms with Gasteiger partial charge in [0.1, 0.15) is 6.61 Å². The predicted molar refractivity (Wildman–Crippen MR) is 72.1 cm³/mol. The van der Waals surface area contributed by atoms with Crippen molar-refractivity contribution >= 4 is 23.1 Å². The van der Waals surface area contributed by atoms with Gasteiger partial charge in [-0.2, -0.15) is 0 Å². The monoisotopic (exact) mass is 261 g/mol. The summed E-state index contributed by atoms with van der Waals surface area (Å²) in [5.74, 6) is 6.49. The van der Waals surface area contributed by atoms with Crippen LogP contribution in [-0.2, 0) is 5.75 Å². The largest absolute Gasteiger partial charge is 0.384 e. The van der Waals surface area contributed by atoms with Gasteiger partial charge in [0, 0.05) is 38.9 Å². The average molecular weight is 261 g/mol. The van der Waals surface area contributed by atoms with Crippen molar-refractivity contribution in [3.8, 4) is 11.8 Å². The summed E-state index contributed by atoms with van der Waals surface area (Å²) in [5, 5.41) is 10.6. The lowest BCUT2D eigenvalue weighted by Gasteiger charge is -1.97. The summed E-state index contributed by atoms with van der Waals surface area (Å²) < 4.78 is 0. The Morgan fingerprint density at radius 3 is 2.94 bits per heavy atom. The molecule has 1 N–H and O–H groups in total. The summed E-state index contributed by atoms with van der Waals surface area (Å²) in [6.45, 7) is -0.0864. The molecule has 0 aromatic carbocycles. The summed E-state index contributed by atoms with van der Waals surface area (Å²) in [6, 6.07) is 6.08. The van der Waals surface area contributed by atoms with Crippen molar-refractivity contribution in [2.24, 2.45) is 0 Å². The molecule has 86 valence electrons. The van der Waals surface area contributed by atoms with Crippen LogP contribution in [0.1, 0.15) is 10.4 Å². The first-order valence-electron chi connectivity index (χ1n) is 5.08. The predicted octanol–water partition coefficient (Wildman–Crippen LogP) is 2.78. The molecule has 2 nitrogen and oxygen atoms in total. The standard InChI is InChI=1S/C13H11NOS2/c15-7-1-2-11-8-13(16-9-11)10-17-12-3-5-14-6-4-12/h3-6,8-9,15H,7,10H2. The minimum absolute atomic E-state index is 0.0864. The second kappa shape index (κ2) is 6.45. The molecule has 2 heterocycles. The van der Waals surface area contributed by atoms with E-state index in [1.54, 1.807) is 35.5 Å². The summed E-state index contributed by atoms with van der Waals surface area (Å²) in [6.07, 6.45) is 3.60. The zero-order valence-electron chi connectivity index (χ0n) is 9.09. The Balaban J connectivity index is 1.94. The molecular formula is C13H11NOS2. The molecule has 0 unspecified atom stereocenters. The molecule has 2 aromatic rings. The Labute approximate surface area is 109 Å². The molecule has 2 aromatic heterocycles. The van der Waals surface area contributed by atoms with E-state index < -0.39 is 0 Å². The van der Waals surface area contributed by atoms with Crippen LogP contribution < -0.4 is 0 Å². The molecule has 0 bridgehead atoms. The lowest BCUT2D eigenvalue weighted by Crippen LogP contribution is -1.76. The van der Waals surface area contributed by atoms with Crippen LogP contribution in [0.3, 0.4) is 0 Å². The molecular weight excluding hydrogens is 250 g/mol. The first kappa shape index (κ1) is 12.2. The van der Waals surface area contributed by atoms with Crippen molar-refractivity contribution in [2.75, 3.05) is 6.61 Å². The number of thioether (sulfide) groups is 1. The number of hydrogen-bond acceptors (Lipinski definition) is 4. The van der Waals surface area contributed by atoms with Gasteiger partial charge in [-0.15, -0.1) is 23.1 Å². The summed E-state index contributed by atoms with van der Waals surface area (Å²) >= 11 is 3.48. The molecule has 2 rings (SSSR count). The van der Waals surface area contributed by atoms with Gasteiger partial charge in [0.25, 0.3) is 0 Å². The molecule has 17 heavy (non-hydrogen) atoms. The van der Waals surface area contributed by atoms with Crippen LogP contribution in [0.2, 0.25) is 0 Å². The quantitative estimate of drug-likeness (QED) is 0.681. The van der Waals surface area contributed by atoms with Gasteiger partial charge in [0.05, 0.1) is 0 Å². The third-order valence-electron chi connectivity index (χ3n) is 2.00. The van der Waals surface area contributed by atoms with E-state index in [9.17, 15) is 0 Å². The van der Waals surface area contributed by atoms with Crippen LogP contribution in [-0.4, -0.2) is 16.7 Å². The minimum Gasteiger partial charge on any atom is -0.384 e. The van der Waals surface area contributed by atoms with E-state index in [0.29, 0.717) is 0 Å². The molecule has 0 fully saturated rings. The number of aromatic nitrogens is 1. The highest BCUT2D eigenvalue weighted by Gasteiger charge is 1.99. The van der Waals surface area contributed by atoms with Gasteiger partial charge in [0.2, 0.25) is 0 Å². The van der Waals surface area contributed by atoms with Gasteiger partial charge in [-0.3, -0.25) is 4.98 Å². The summed E-state index contributed by atoms with van der Waals surface area (Å²) in [5.41, 5.74) is 0.981. The number of nitrogens with zero attached hydrogens (tertiary/aromatic N) is 1. The molecule has 4 heteroatoms. The zero-order chi connectivity index (χ0) is 11.9. The third-order valence-corrected chi connectivity index (χ3v) is 4.18. The molecule has 0 saturated heterocycles. The maximum atomic E-state index is 8.61. The smallest absolute Gasteiger partial charge is 0.104 e. The van der Waals surface area contributed by atoms with Crippen LogP contribution in [0.25, 0.3) is 0 Å². The maximum Gasteiger partial charge on any atom is 0.104 e. The van der Waals surface area contributed by atoms with Gasteiger partial charge in [-0.05, 0) is 18.2 Å². The van der Waals surface area contributed by atoms with Gasteiger partial charge in [-0.25, -0.2) is 0 Å². The highest BCUT2D eigenvalue weighted by atomic mass is 32.2. The fourth-order valence-corrected chi connectivity index (χ4v) is 3.01. The van der Waals surface area contributed by atoms with Crippen LogP contribution >= 0.6 is 23.1 Å². The van der Waals surface area contributed by atoms with E-state index in [4.69, 9.17) is 5.11 Å². The third kappa shape index (κ3) is 3.90. The number of pyridine rings is 1. The van der Waals surface area contributed by atoms with E-state index in [0.717, 1.165) is 11.3 Å². The molecule has 0 atom stereocenters. The number of aliphatic hydroxyl groups is 1. The normalized spacial score (nSPS) is 9.71. The highest BCUT2D eigenvalue weighted by Crippen LogP contribution is 2.25. The van der Waals surface area contributed by atoms with E-state index in [2.05, 4.69) is 22.9 Å². The van der Waals surface area contributed by atoms with Crippen LogP contribution in [0, 0.1) is 11.8 Å². The minimum atomic E-state index is -0.0864. The Morgan fingerprint density at radius 2 is 2.18 bits per heavy atom. The topological polar surface area (TPSA) is 33.1 Å².